The van der Waals surface area contributed by atoms with Crippen molar-refractivity contribution < 1.29 is 28.5 Å². The molecule has 2 rings (SSSR count). The van der Waals surface area contributed by atoms with E-state index in [9.17, 15) is 0 Å². The van der Waals surface area contributed by atoms with Crippen molar-refractivity contribution in [1.29, 1.82) is 0 Å². The summed E-state index contributed by atoms with van der Waals surface area (Å²) in [6, 6.07) is 8.56. The predicted molar refractivity (Wildman–Crippen MR) is 70.4 cm³/mol. The van der Waals surface area contributed by atoms with Crippen molar-refractivity contribution in [1.82, 2.24) is 4.90 Å². The Morgan fingerprint density at radius 1 is 1.29 bits per heavy atom. The first-order valence-corrected chi connectivity index (χ1v) is 6.30. The molecule has 0 aliphatic heterocycles. The van der Waals surface area contributed by atoms with Crippen LogP contribution in [0.15, 0.2) is 30.5 Å². The molecule has 0 atom stereocenters. The molecule has 2 nitrogen and oxygen atoms in total. The molecule has 0 amide bonds. The topological polar surface area (TPSA) is 7.12 Å². The van der Waals surface area contributed by atoms with Gasteiger partial charge < -0.3 is 28.9 Å². The van der Waals surface area contributed by atoms with E-state index in [-0.39, 0.29) is 24.0 Å². The molecule has 0 radical (unpaired) electrons. The molecule has 1 heterocycles. The lowest BCUT2D eigenvalue weighted by molar-refractivity contribution is -0.665. The minimum Gasteiger partial charge on any atom is -1.00 e. The van der Waals surface area contributed by atoms with Gasteiger partial charge in [0.2, 0.25) is 5.52 Å². The van der Waals surface area contributed by atoms with Crippen LogP contribution in [0.1, 0.15) is 11.9 Å². The molecular weight excluding hydrogens is 343 g/mol. The monoisotopic (exact) mass is 360 g/mol. The molecule has 0 N–H and O–H groups in total. The maximum Gasteiger partial charge on any atom is 0.264 e. The highest BCUT2D eigenvalue weighted by molar-refractivity contribution is 7.18. The molecule has 4 heteroatoms. The van der Waals surface area contributed by atoms with E-state index in [2.05, 4.69) is 52.9 Å². The normalized spacial score (nSPS) is 10.8. The lowest BCUT2D eigenvalue weighted by atomic mass is 10.3. The van der Waals surface area contributed by atoms with E-state index in [0.717, 1.165) is 6.54 Å². The number of benzene rings is 1. The number of halogens is 1. The standard InChI is InChI=1S/C13H17N2S.HI/c1-4-15-11-7-5-6-8-12(11)16-13(15)9-10-14(2)3;/h5-10H,4H2,1-3H3;1H/q+1;/p-1. The van der Waals surface area contributed by atoms with Gasteiger partial charge in [0.05, 0.1) is 0 Å². The minimum atomic E-state index is 0. The summed E-state index contributed by atoms with van der Waals surface area (Å²) in [6.07, 6.45) is 4.27. The van der Waals surface area contributed by atoms with Crippen LogP contribution >= 0.6 is 11.3 Å². The smallest absolute Gasteiger partial charge is 0.264 e. The molecule has 17 heavy (non-hydrogen) atoms. The molecule has 0 unspecified atom stereocenters. The Hall–Kier alpha value is -0.620. The third kappa shape index (κ3) is 3.19. The average Bonchev–Trinajstić information content (AvgIpc) is 2.63. The van der Waals surface area contributed by atoms with Crippen molar-refractivity contribution in [2.45, 2.75) is 13.5 Å². The molecule has 0 spiro atoms. The minimum absolute atomic E-state index is 0. The number of hydrogen-bond donors (Lipinski definition) is 0. The summed E-state index contributed by atoms with van der Waals surface area (Å²) in [5.41, 5.74) is 1.33. The summed E-state index contributed by atoms with van der Waals surface area (Å²) >= 11 is 1.84. The predicted octanol–water partition coefficient (Wildman–Crippen LogP) is -0.255. The summed E-state index contributed by atoms with van der Waals surface area (Å²) in [6.45, 7) is 3.20. The second-order valence-corrected chi connectivity index (χ2v) is 4.99. The Kier molecular flexibility index (Phi) is 5.39. The SMILES string of the molecule is CC[n+]1c(/C=C/N(C)C)sc2ccccc21.[I-]. The molecule has 1 aromatic carbocycles. The van der Waals surface area contributed by atoms with Gasteiger partial charge in [0.15, 0.2) is 0 Å². The van der Waals surface area contributed by atoms with E-state index < -0.39 is 0 Å². The van der Waals surface area contributed by atoms with Gasteiger partial charge in [-0.3, -0.25) is 0 Å². The van der Waals surface area contributed by atoms with Gasteiger partial charge in [-0.05, 0) is 13.0 Å². The quantitative estimate of drug-likeness (QED) is 0.541. The van der Waals surface area contributed by atoms with E-state index in [0.29, 0.717) is 0 Å². The Morgan fingerprint density at radius 3 is 2.65 bits per heavy atom. The lowest BCUT2D eigenvalue weighted by Crippen LogP contribution is -3.00. The zero-order valence-corrected chi connectivity index (χ0v) is 13.3. The number of thiazole rings is 1. The molecule has 0 aliphatic carbocycles. The van der Waals surface area contributed by atoms with Gasteiger partial charge in [-0.25, -0.2) is 0 Å². The summed E-state index contributed by atoms with van der Waals surface area (Å²) < 4.78 is 3.70. The van der Waals surface area contributed by atoms with Crippen molar-refractivity contribution in [2.24, 2.45) is 0 Å². The first-order chi connectivity index (χ1) is 7.72. The Bertz CT molecular complexity index is 517. The van der Waals surface area contributed by atoms with Crippen LogP contribution in [-0.4, -0.2) is 19.0 Å². The van der Waals surface area contributed by atoms with Gasteiger partial charge in [0.25, 0.3) is 5.01 Å². The highest BCUT2D eigenvalue weighted by Crippen LogP contribution is 2.20. The Labute approximate surface area is 124 Å². The van der Waals surface area contributed by atoms with Gasteiger partial charge in [-0.1, -0.05) is 23.5 Å². The molecule has 0 aliphatic rings. The van der Waals surface area contributed by atoms with Crippen LogP contribution in [0.5, 0.6) is 0 Å². The van der Waals surface area contributed by atoms with Crippen LogP contribution in [0.2, 0.25) is 0 Å². The molecule has 92 valence electrons. The largest absolute Gasteiger partial charge is 1.00 e. The fourth-order valence-electron chi connectivity index (χ4n) is 1.72. The average molecular weight is 360 g/mol. The van der Waals surface area contributed by atoms with E-state index in [4.69, 9.17) is 0 Å². The molecule has 0 fully saturated rings. The third-order valence-corrected chi connectivity index (χ3v) is 3.60. The third-order valence-electron chi connectivity index (χ3n) is 2.47. The fourth-order valence-corrected chi connectivity index (χ4v) is 2.84. The zero-order valence-electron chi connectivity index (χ0n) is 10.4. The first-order valence-electron chi connectivity index (χ1n) is 5.48. The van der Waals surface area contributed by atoms with Crippen molar-refractivity contribution in [2.75, 3.05) is 14.1 Å². The van der Waals surface area contributed by atoms with Gasteiger partial charge in [-0.15, -0.1) is 0 Å². The molecule has 0 saturated carbocycles. The van der Waals surface area contributed by atoms with Crippen LogP contribution in [0.3, 0.4) is 0 Å². The second-order valence-electron chi connectivity index (χ2n) is 3.93. The zero-order chi connectivity index (χ0) is 11.5. The van der Waals surface area contributed by atoms with Crippen molar-refractivity contribution in [3.05, 3.63) is 35.5 Å². The number of aromatic nitrogens is 1. The summed E-state index contributed by atoms with van der Waals surface area (Å²) in [5, 5.41) is 1.30. The fraction of sp³-hybridized carbons (Fsp3) is 0.308. The van der Waals surface area contributed by atoms with Crippen molar-refractivity contribution in [3.8, 4) is 0 Å². The Morgan fingerprint density at radius 2 is 2.00 bits per heavy atom. The maximum absolute atomic E-state index is 2.35. The van der Waals surface area contributed by atoms with E-state index in [1.54, 1.807) is 0 Å². The molecular formula is C13H17IN2S. The second kappa shape index (κ2) is 6.35. The van der Waals surface area contributed by atoms with E-state index in [1.807, 2.05) is 25.4 Å². The molecule has 0 saturated heterocycles. The van der Waals surface area contributed by atoms with Crippen molar-refractivity contribution in [3.63, 3.8) is 0 Å². The lowest BCUT2D eigenvalue weighted by Gasteiger charge is -2.01. The molecule has 1 aromatic heterocycles. The van der Waals surface area contributed by atoms with Crippen LogP contribution in [0.4, 0.5) is 0 Å². The number of fused-ring (bicyclic) bond motifs is 1. The highest BCUT2D eigenvalue weighted by atomic mass is 127. The van der Waals surface area contributed by atoms with Crippen LogP contribution in [-0.2, 0) is 6.54 Å². The van der Waals surface area contributed by atoms with E-state index in [1.165, 1.54) is 15.2 Å². The van der Waals surface area contributed by atoms with Crippen LogP contribution in [0, 0.1) is 0 Å². The highest BCUT2D eigenvalue weighted by Gasteiger charge is 2.15. The van der Waals surface area contributed by atoms with E-state index >= 15 is 0 Å². The number of aryl methyl sites for hydroxylation is 1. The number of para-hydroxylation sites is 1. The molecule has 0 bridgehead atoms. The number of nitrogens with zero attached hydrogens (tertiary/aromatic N) is 2. The van der Waals surface area contributed by atoms with Gasteiger partial charge in [0, 0.05) is 32.4 Å². The summed E-state index contributed by atoms with van der Waals surface area (Å²) in [7, 11) is 4.08. The number of rotatable bonds is 3. The van der Waals surface area contributed by atoms with Gasteiger partial charge in [0.1, 0.15) is 11.2 Å². The Balaban J connectivity index is 0.00000144. The summed E-state index contributed by atoms with van der Waals surface area (Å²) in [4.78, 5) is 2.06. The van der Waals surface area contributed by atoms with Crippen LogP contribution < -0.4 is 28.5 Å². The number of hydrogen-bond acceptors (Lipinski definition) is 2. The summed E-state index contributed by atoms with van der Waals surface area (Å²) in [5.74, 6) is 0. The van der Waals surface area contributed by atoms with Gasteiger partial charge >= 0.3 is 0 Å². The van der Waals surface area contributed by atoms with Crippen molar-refractivity contribution >= 4 is 27.6 Å². The van der Waals surface area contributed by atoms with Gasteiger partial charge in [-0.2, -0.15) is 4.57 Å². The maximum atomic E-state index is 2.35. The molecule has 2 aromatic rings. The van der Waals surface area contributed by atoms with Crippen LogP contribution in [0.25, 0.3) is 16.3 Å². The first kappa shape index (κ1) is 14.4.